The molecule has 4 heteroatoms. The molecule has 0 radical (unpaired) electrons. The van der Waals surface area contributed by atoms with E-state index in [9.17, 15) is 8.42 Å². The molecule has 0 spiro atoms. The lowest BCUT2D eigenvalue weighted by molar-refractivity contribution is 0.587. The van der Waals surface area contributed by atoms with E-state index >= 15 is 0 Å². The Kier molecular flexibility index (Phi) is 4.99. The Hall–Kier alpha value is -0.350. The van der Waals surface area contributed by atoms with Crippen LogP contribution in [0.5, 0.6) is 0 Å². The molecule has 0 aliphatic heterocycles. The second kappa shape index (κ2) is 5.82. The van der Waals surface area contributed by atoms with E-state index in [1.165, 1.54) is 0 Å². The van der Waals surface area contributed by atoms with Crippen LogP contribution >= 0.6 is 15.9 Å². The average molecular weight is 305 g/mol. The fourth-order valence-corrected chi connectivity index (χ4v) is 3.82. The summed E-state index contributed by atoms with van der Waals surface area (Å²) in [5, 5.41) is 0. The summed E-state index contributed by atoms with van der Waals surface area (Å²) in [5.74, 6) is 0. The number of unbranched alkanes of at least 4 members (excludes halogenated alkanes) is 1. The molecular formula is C12H17BrO2S. The Labute approximate surface area is 106 Å². The molecule has 0 fully saturated rings. The molecule has 16 heavy (non-hydrogen) atoms. The van der Waals surface area contributed by atoms with E-state index in [1.807, 2.05) is 13.0 Å². The topological polar surface area (TPSA) is 34.1 Å². The van der Waals surface area contributed by atoms with Gasteiger partial charge in [-0.05, 0) is 31.0 Å². The number of sulfone groups is 1. The third-order valence-corrected chi connectivity index (χ3v) is 6.19. The van der Waals surface area contributed by atoms with Crippen LogP contribution in [0.3, 0.4) is 0 Å². The summed E-state index contributed by atoms with van der Waals surface area (Å²) >= 11 is 3.27. The van der Waals surface area contributed by atoms with Crippen LogP contribution in [0.1, 0.15) is 31.7 Å². The second-order valence-electron chi connectivity index (χ2n) is 3.91. The van der Waals surface area contributed by atoms with Crippen molar-refractivity contribution < 1.29 is 8.42 Å². The Morgan fingerprint density at radius 2 is 2.06 bits per heavy atom. The summed E-state index contributed by atoms with van der Waals surface area (Å²) in [5.41, 5.74) is 0.969. The summed E-state index contributed by atoms with van der Waals surface area (Å²) in [6.45, 7) is 3.95. The Morgan fingerprint density at radius 3 is 2.62 bits per heavy atom. The molecule has 2 nitrogen and oxygen atoms in total. The average Bonchev–Trinajstić information content (AvgIpc) is 2.25. The van der Waals surface area contributed by atoms with Gasteiger partial charge in [0, 0.05) is 0 Å². The zero-order valence-corrected chi connectivity index (χ0v) is 12.0. The summed E-state index contributed by atoms with van der Waals surface area (Å²) < 4.78 is 23.8. The lowest BCUT2D eigenvalue weighted by atomic mass is 10.2. The minimum atomic E-state index is -3.22. The highest BCUT2D eigenvalue weighted by molar-refractivity contribution is 9.11. The number of benzene rings is 1. The van der Waals surface area contributed by atoms with Crippen LogP contribution in [0.15, 0.2) is 29.2 Å². The minimum Gasteiger partial charge on any atom is -0.223 e. The monoisotopic (exact) mass is 304 g/mol. The molecule has 0 aliphatic rings. The van der Waals surface area contributed by atoms with Gasteiger partial charge in [-0.3, -0.25) is 0 Å². The second-order valence-corrected chi connectivity index (χ2v) is 7.76. The van der Waals surface area contributed by atoms with Crippen LogP contribution in [-0.2, 0) is 9.84 Å². The summed E-state index contributed by atoms with van der Waals surface area (Å²) in [6.07, 6.45) is 2.58. The van der Waals surface area contributed by atoms with Crippen molar-refractivity contribution in [1.82, 2.24) is 0 Å². The summed E-state index contributed by atoms with van der Waals surface area (Å²) in [7, 11) is -3.22. The fraction of sp³-hybridized carbons (Fsp3) is 0.500. The highest BCUT2D eigenvalue weighted by atomic mass is 79.9. The first kappa shape index (κ1) is 13.7. The standard InChI is InChI=1S/C12H17BrO2S/c1-3-4-8-12(13)16(14,15)11-7-5-6-10(2)9-11/h5-7,9,12H,3-4,8H2,1-2H3. The number of hydrogen-bond donors (Lipinski definition) is 0. The van der Waals surface area contributed by atoms with Crippen molar-refractivity contribution in [3.63, 3.8) is 0 Å². The normalized spacial score (nSPS) is 13.7. The van der Waals surface area contributed by atoms with Gasteiger partial charge in [-0.1, -0.05) is 47.8 Å². The van der Waals surface area contributed by atoms with Crippen molar-refractivity contribution in [2.45, 2.75) is 42.2 Å². The quantitative estimate of drug-likeness (QED) is 0.778. The molecule has 0 aromatic heterocycles. The van der Waals surface area contributed by atoms with Crippen molar-refractivity contribution >= 4 is 25.8 Å². The molecular weight excluding hydrogens is 288 g/mol. The predicted molar refractivity (Wildman–Crippen MR) is 70.6 cm³/mol. The number of halogens is 1. The van der Waals surface area contributed by atoms with Gasteiger partial charge in [0.05, 0.1) is 4.90 Å². The van der Waals surface area contributed by atoms with E-state index in [1.54, 1.807) is 18.2 Å². The third kappa shape index (κ3) is 3.32. The smallest absolute Gasteiger partial charge is 0.191 e. The van der Waals surface area contributed by atoms with Gasteiger partial charge in [0.15, 0.2) is 9.84 Å². The molecule has 0 aliphatic carbocycles. The predicted octanol–water partition coefficient (Wildman–Crippen LogP) is 3.68. The molecule has 0 saturated carbocycles. The lowest BCUT2D eigenvalue weighted by Crippen LogP contribution is -2.15. The fourth-order valence-electron chi connectivity index (χ4n) is 1.46. The molecule has 1 unspecified atom stereocenters. The maximum absolute atomic E-state index is 12.1. The van der Waals surface area contributed by atoms with Crippen LogP contribution in [0.25, 0.3) is 0 Å². The highest BCUT2D eigenvalue weighted by Gasteiger charge is 2.24. The summed E-state index contributed by atoms with van der Waals surface area (Å²) in [4.78, 5) is 0.408. The van der Waals surface area contributed by atoms with Gasteiger partial charge in [-0.15, -0.1) is 0 Å². The number of rotatable bonds is 5. The van der Waals surface area contributed by atoms with E-state index in [2.05, 4.69) is 22.9 Å². The van der Waals surface area contributed by atoms with Crippen molar-refractivity contribution in [2.75, 3.05) is 0 Å². The van der Waals surface area contributed by atoms with Gasteiger partial charge >= 0.3 is 0 Å². The maximum Gasteiger partial charge on any atom is 0.191 e. The molecule has 0 bridgehead atoms. The molecule has 0 heterocycles. The summed E-state index contributed by atoms with van der Waals surface area (Å²) in [6, 6.07) is 7.05. The largest absolute Gasteiger partial charge is 0.223 e. The zero-order valence-electron chi connectivity index (χ0n) is 9.61. The molecule has 1 aromatic carbocycles. The van der Waals surface area contributed by atoms with Gasteiger partial charge in [-0.25, -0.2) is 8.42 Å². The van der Waals surface area contributed by atoms with Crippen LogP contribution in [0, 0.1) is 6.92 Å². The first-order valence-electron chi connectivity index (χ1n) is 5.43. The van der Waals surface area contributed by atoms with Gasteiger partial charge in [0.2, 0.25) is 0 Å². The Balaban J connectivity index is 2.93. The van der Waals surface area contributed by atoms with Crippen molar-refractivity contribution in [2.24, 2.45) is 0 Å². The molecule has 1 rings (SSSR count). The molecule has 0 N–H and O–H groups in total. The first-order valence-corrected chi connectivity index (χ1v) is 7.89. The molecule has 1 atom stereocenters. The third-order valence-electron chi connectivity index (χ3n) is 2.44. The van der Waals surface area contributed by atoms with Gasteiger partial charge in [0.25, 0.3) is 0 Å². The van der Waals surface area contributed by atoms with Gasteiger partial charge in [-0.2, -0.15) is 0 Å². The van der Waals surface area contributed by atoms with Crippen molar-refractivity contribution in [3.05, 3.63) is 29.8 Å². The van der Waals surface area contributed by atoms with Crippen molar-refractivity contribution in [1.29, 1.82) is 0 Å². The zero-order chi connectivity index (χ0) is 12.2. The molecule has 0 amide bonds. The van der Waals surface area contributed by atoms with Crippen LogP contribution in [0.4, 0.5) is 0 Å². The van der Waals surface area contributed by atoms with E-state index in [0.29, 0.717) is 11.3 Å². The number of hydrogen-bond acceptors (Lipinski definition) is 2. The minimum absolute atomic E-state index is 0.408. The Morgan fingerprint density at radius 1 is 1.38 bits per heavy atom. The first-order chi connectivity index (χ1) is 7.48. The van der Waals surface area contributed by atoms with E-state index < -0.39 is 14.0 Å². The van der Waals surface area contributed by atoms with E-state index in [0.717, 1.165) is 18.4 Å². The molecule has 0 saturated heterocycles. The number of alkyl halides is 1. The highest BCUT2D eigenvalue weighted by Crippen LogP contribution is 2.24. The van der Waals surface area contributed by atoms with Crippen LogP contribution in [-0.4, -0.2) is 12.6 Å². The molecule has 90 valence electrons. The van der Waals surface area contributed by atoms with Crippen LogP contribution < -0.4 is 0 Å². The lowest BCUT2D eigenvalue weighted by Gasteiger charge is -2.11. The Bertz CT molecular complexity index is 440. The van der Waals surface area contributed by atoms with Crippen molar-refractivity contribution in [3.8, 4) is 0 Å². The van der Waals surface area contributed by atoms with E-state index in [4.69, 9.17) is 0 Å². The SMILES string of the molecule is CCCCC(Br)S(=O)(=O)c1cccc(C)c1. The number of aryl methyl sites for hydroxylation is 1. The van der Waals surface area contributed by atoms with Crippen LogP contribution in [0.2, 0.25) is 0 Å². The maximum atomic E-state index is 12.1. The molecule has 1 aromatic rings. The van der Waals surface area contributed by atoms with E-state index in [-0.39, 0.29) is 0 Å². The van der Waals surface area contributed by atoms with Gasteiger partial charge in [0.1, 0.15) is 4.16 Å². The van der Waals surface area contributed by atoms with Gasteiger partial charge < -0.3 is 0 Å².